The van der Waals surface area contributed by atoms with Gasteiger partial charge in [-0.25, -0.2) is 0 Å². The SMILES string of the molecule is [O-][n+]1c(-c2c(Cl)cccc2Cl)c(-c2ccccc2)c(-c2ccccc2)c2ccccc21. The van der Waals surface area contributed by atoms with Crippen LogP contribution in [0, 0.1) is 5.21 Å². The van der Waals surface area contributed by atoms with E-state index in [-0.39, 0.29) is 0 Å². The molecule has 0 N–H and O–H groups in total. The first-order valence-electron chi connectivity index (χ1n) is 9.90. The summed E-state index contributed by atoms with van der Waals surface area (Å²) in [4.78, 5) is 0. The van der Waals surface area contributed by atoms with E-state index in [1.807, 2.05) is 72.8 Å². The summed E-state index contributed by atoms with van der Waals surface area (Å²) in [5.41, 5.74) is 5.25. The van der Waals surface area contributed by atoms with Crippen molar-refractivity contribution in [3.63, 3.8) is 0 Å². The van der Waals surface area contributed by atoms with Gasteiger partial charge in [-0.05, 0) is 29.3 Å². The van der Waals surface area contributed by atoms with Crippen LogP contribution in [0.3, 0.4) is 0 Å². The Morgan fingerprint density at radius 2 is 1.03 bits per heavy atom. The summed E-state index contributed by atoms with van der Waals surface area (Å²) in [6.45, 7) is 0. The Hall–Kier alpha value is -3.33. The molecule has 0 aliphatic heterocycles. The smallest absolute Gasteiger partial charge is 0.235 e. The van der Waals surface area contributed by atoms with Gasteiger partial charge in [0.1, 0.15) is 0 Å². The molecule has 2 nitrogen and oxygen atoms in total. The van der Waals surface area contributed by atoms with Crippen LogP contribution in [0.4, 0.5) is 0 Å². The Kier molecular flexibility index (Phi) is 5.11. The zero-order chi connectivity index (χ0) is 21.4. The minimum Gasteiger partial charge on any atom is -0.618 e. The van der Waals surface area contributed by atoms with Crippen LogP contribution in [-0.4, -0.2) is 0 Å². The fraction of sp³-hybridized carbons (Fsp3) is 0. The summed E-state index contributed by atoms with van der Waals surface area (Å²) in [7, 11) is 0. The van der Waals surface area contributed by atoms with E-state index >= 15 is 0 Å². The van der Waals surface area contributed by atoms with Gasteiger partial charge in [-0.3, -0.25) is 0 Å². The molecular weight excluding hydrogens is 425 g/mol. The van der Waals surface area contributed by atoms with Crippen LogP contribution in [0.25, 0.3) is 44.4 Å². The van der Waals surface area contributed by atoms with Gasteiger partial charge < -0.3 is 5.21 Å². The van der Waals surface area contributed by atoms with Gasteiger partial charge in [0, 0.05) is 11.6 Å². The number of benzene rings is 4. The lowest BCUT2D eigenvalue weighted by Gasteiger charge is -2.20. The van der Waals surface area contributed by atoms with E-state index in [0.29, 0.717) is 26.8 Å². The Labute approximate surface area is 190 Å². The Morgan fingerprint density at radius 3 is 1.65 bits per heavy atom. The number of halogens is 2. The van der Waals surface area contributed by atoms with Gasteiger partial charge in [-0.15, -0.1) is 0 Å². The third-order valence-electron chi connectivity index (χ3n) is 5.41. The number of fused-ring (bicyclic) bond motifs is 1. The lowest BCUT2D eigenvalue weighted by Crippen LogP contribution is -2.31. The van der Waals surface area contributed by atoms with E-state index in [1.165, 1.54) is 0 Å². The minimum atomic E-state index is 0.434. The second kappa shape index (κ2) is 8.07. The van der Waals surface area contributed by atoms with E-state index in [2.05, 4.69) is 12.1 Å². The molecule has 0 aliphatic carbocycles. The number of rotatable bonds is 3. The first kappa shape index (κ1) is 19.6. The molecular formula is C27H17Cl2NO. The molecule has 1 heterocycles. The molecule has 5 rings (SSSR count). The fourth-order valence-corrected chi connectivity index (χ4v) is 4.65. The lowest BCUT2D eigenvalue weighted by atomic mass is 9.88. The maximum atomic E-state index is 13.8. The van der Waals surface area contributed by atoms with Crippen molar-refractivity contribution in [3.05, 3.63) is 118 Å². The molecule has 0 saturated heterocycles. The van der Waals surface area contributed by atoms with Crippen LogP contribution in [0.5, 0.6) is 0 Å². The summed E-state index contributed by atoms with van der Waals surface area (Å²) in [5, 5.41) is 15.5. The monoisotopic (exact) mass is 441 g/mol. The van der Waals surface area contributed by atoms with Crippen LogP contribution in [0.1, 0.15) is 0 Å². The summed E-state index contributed by atoms with van der Waals surface area (Å²) < 4.78 is 0.956. The van der Waals surface area contributed by atoms with Gasteiger partial charge in [-0.1, -0.05) is 102 Å². The van der Waals surface area contributed by atoms with Crippen molar-refractivity contribution in [2.45, 2.75) is 0 Å². The predicted molar refractivity (Wildman–Crippen MR) is 129 cm³/mol. The molecule has 1 aromatic heterocycles. The normalized spacial score (nSPS) is 11.0. The Morgan fingerprint density at radius 1 is 0.516 bits per heavy atom. The van der Waals surface area contributed by atoms with Crippen molar-refractivity contribution < 1.29 is 4.73 Å². The molecule has 0 aliphatic rings. The number of hydrogen-bond donors (Lipinski definition) is 0. The van der Waals surface area contributed by atoms with Crippen LogP contribution >= 0.6 is 23.2 Å². The summed E-state index contributed by atoms with van der Waals surface area (Å²) in [6.07, 6.45) is 0. The molecule has 0 atom stereocenters. The maximum Gasteiger partial charge on any atom is 0.235 e. The Bertz CT molecular complexity index is 1380. The maximum absolute atomic E-state index is 13.8. The van der Waals surface area contributed by atoms with Crippen molar-refractivity contribution in [2.75, 3.05) is 0 Å². The fourth-order valence-electron chi connectivity index (χ4n) is 4.08. The third-order valence-corrected chi connectivity index (χ3v) is 6.04. The number of hydrogen-bond acceptors (Lipinski definition) is 1. The van der Waals surface area contributed by atoms with Crippen LogP contribution < -0.4 is 4.73 Å². The predicted octanol–water partition coefficient (Wildman–Crippen LogP) is 7.78. The zero-order valence-electron chi connectivity index (χ0n) is 16.4. The Balaban J connectivity index is 2.06. The first-order chi connectivity index (χ1) is 15.2. The zero-order valence-corrected chi connectivity index (χ0v) is 17.9. The average molecular weight is 442 g/mol. The number of aromatic nitrogens is 1. The molecule has 0 unspecified atom stereocenters. The second-order valence-electron chi connectivity index (χ2n) is 7.24. The summed E-state index contributed by atoms with van der Waals surface area (Å²) in [5.74, 6) is 0. The molecule has 0 amide bonds. The first-order valence-corrected chi connectivity index (χ1v) is 10.7. The molecule has 31 heavy (non-hydrogen) atoms. The van der Waals surface area contributed by atoms with Crippen molar-refractivity contribution in [3.8, 4) is 33.5 Å². The van der Waals surface area contributed by atoms with Gasteiger partial charge in [0.15, 0.2) is 0 Å². The summed E-state index contributed by atoms with van der Waals surface area (Å²) in [6, 6.07) is 32.9. The molecule has 0 spiro atoms. The average Bonchev–Trinajstić information content (AvgIpc) is 2.81. The molecule has 150 valence electrons. The standard InChI is InChI=1S/C27H17Cl2NO/c28-21-15-9-16-22(29)26(21)27-25(19-12-5-2-6-13-19)24(18-10-3-1-4-11-18)20-14-7-8-17-23(20)30(27)31/h1-17H. The van der Waals surface area contributed by atoms with Crippen molar-refractivity contribution in [1.29, 1.82) is 0 Å². The molecule has 0 radical (unpaired) electrons. The highest BCUT2D eigenvalue weighted by molar-refractivity contribution is 6.39. The number of nitrogens with zero attached hydrogens (tertiary/aromatic N) is 1. The van der Waals surface area contributed by atoms with E-state index in [1.54, 1.807) is 18.2 Å². The van der Waals surface area contributed by atoms with Crippen molar-refractivity contribution in [1.82, 2.24) is 0 Å². The summed E-state index contributed by atoms with van der Waals surface area (Å²) >= 11 is 13.2. The van der Waals surface area contributed by atoms with Crippen molar-refractivity contribution in [2.24, 2.45) is 0 Å². The number of para-hydroxylation sites is 1. The molecule has 4 heteroatoms. The molecule has 5 aromatic rings. The third kappa shape index (κ3) is 3.34. The molecule has 0 bridgehead atoms. The highest BCUT2D eigenvalue weighted by Crippen LogP contribution is 2.45. The highest BCUT2D eigenvalue weighted by Gasteiger charge is 2.29. The second-order valence-corrected chi connectivity index (χ2v) is 8.05. The lowest BCUT2D eigenvalue weighted by molar-refractivity contribution is -0.564. The van der Waals surface area contributed by atoms with E-state index in [9.17, 15) is 5.21 Å². The largest absolute Gasteiger partial charge is 0.618 e. The van der Waals surface area contributed by atoms with E-state index in [0.717, 1.165) is 32.4 Å². The van der Waals surface area contributed by atoms with Gasteiger partial charge >= 0.3 is 0 Å². The van der Waals surface area contributed by atoms with E-state index in [4.69, 9.17) is 23.2 Å². The van der Waals surface area contributed by atoms with Gasteiger partial charge in [0.25, 0.3) is 0 Å². The number of pyridine rings is 1. The van der Waals surface area contributed by atoms with E-state index < -0.39 is 0 Å². The van der Waals surface area contributed by atoms with Gasteiger partial charge in [0.2, 0.25) is 11.2 Å². The topological polar surface area (TPSA) is 26.9 Å². The van der Waals surface area contributed by atoms with Crippen LogP contribution in [0.2, 0.25) is 10.0 Å². The minimum absolute atomic E-state index is 0.434. The van der Waals surface area contributed by atoms with Gasteiger partial charge in [-0.2, -0.15) is 4.73 Å². The highest BCUT2D eigenvalue weighted by atomic mass is 35.5. The molecule has 4 aromatic carbocycles. The quantitative estimate of drug-likeness (QED) is 0.207. The van der Waals surface area contributed by atoms with Crippen LogP contribution in [-0.2, 0) is 0 Å². The van der Waals surface area contributed by atoms with Crippen LogP contribution in [0.15, 0.2) is 103 Å². The van der Waals surface area contributed by atoms with Crippen molar-refractivity contribution >= 4 is 34.1 Å². The molecule has 0 fully saturated rings. The molecule has 0 saturated carbocycles. The van der Waals surface area contributed by atoms with Gasteiger partial charge in [0.05, 0.1) is 26.6 Å².